The quantitative estimate of drug-likeness (QED) is 0.469. The first-order valence-electron chi connectivity index (χ1n) is 7.73. The van der Waals surface area contributed by atoms with E-state index in [1.54, 1.807) is 19.1 Å². The van der Waals surface area contributed by atoms with Crippen molar-refractivity contribution in [2.24, 2.45) is 0 Å². The Morgan fingerprint density at radius 2 is 1.81 bits per heavy atom. The number of nitrogens with one attached hydrogen (secondary N) is 1. The highest BCUT2D eigenvalue weighted by atomic mass is 16.6. The van der Waals surface area contributed by atoms with Crippen molar-refractivity contribution in [3.8, 4) is 0 Å². The molecule has 0 aliphatic carbocycles. The lowest BCUT2D eigenvalue weighted by Crippen LogP contribution is -2.22. The molecule has 2 aromatic carbocycles. The van der Waals surface area contributed by atoms with Crippen LogP contribution in [0, 0.1) is 17.0 Å². The lowest BCUT2D eigenvalue weighted by atomic mass is 10.1. The van der Waals surface area contributed by atoms with Gasteiger partial charge in [0.15, 0.2) is 6.61 Å². The minimum absolute atomic E-state index is 0.246. The highest BCUT2D eigenvalue weighted by Crippen LogP contribution is 2.19. The van der Waals surface area contributed by atoms with Gasteiger partial charge in [0.25, 0.3) is 11.6 Å². The van der Waals surface area contributed by atoms with E-state index in [1.807, 2.05) is 0 Å². The van der Waals surface area contributed by atoms with E-state index in [9.17, 15) is 24.5 Å². The molecule has 27 heavy (non-hydrogen) atoms. The molecule has 0 radical (unpaired) electrons. The number of carbonyl (C=O) groups excluding carboxylic acids is 3. The molecule has 2 rings (SSSR count). The van der Waals surface area contributed by atoms with Crippen LogP contribution in [-0.4, -0.2) is 36.5 Å². The Morgan fingerprint density at radius 1 is 1.11 bits per heavy atom. The van der Waals surface area contributed by atoms with Crippen LogP contribution >= 0.6 is 0 Å². The number of hydrogen-bond donors (Lipinski definition) is 1. The summed E-state index contributed by atoms with van der Waals surface area (Å²) < 4.78 is 9.46. The molecule has 0 unspecified atom stereocenters. The number of para-hydroxylation sites is 1. The number of carbonyl (C=O) groups is 3. The van der Waals surface area contributed by atoms with Crippen molar-refractivity contribution >= 4 is 29.2 Å². The van der Waals surface area contributed by atoms with Crippen LogP contribution in [0.4, 0.5) is 11.4 Å². The van der Waals surface area contributed by atoms with E-state index in [2.05, 4.69) is 10.1 Å². The number of amides is 1. The van der Waals surface area contributed by atoms with Gasteiger partial charge in [0.05, 0.1) is 17.6 Å². The molecule has 0 saturated carbocycles. The molecule has 1 N–H and O–H groups in total. The number of anilines is 1. The van der Waals surface area contributed by atoms with Gasteiger partial charge in [-0.25, -0.2) is 9.59 Å². The Balaban J connectivity index is 2.04. The molecule has 0 spiro atoms. The second-order valence-electron chi connectivity index (χ2n) is 5.42. The summed E-state index contributed by atoms with van der Waals surface area (Å²) in [4.78, 5) is 45.8. The summed E-state index contributed by atoms with van der Waals surface area (Å²) in [6.45, 7) is 1.07. The maximum atomic E-state index is 12.0. The predicted octanol–water partition coefficient (Wildman–Crippen LogP) is 2.49. The van der Waals surface area contributed by atoms with Crippen LogP contribution < -0.4 is 5.32 Å². The van der Waals surface area contributed by atoms with E-state index in [0.717, 1.165) is 0 Å². The third-order valence-corrected chi connectivity index (χ3v) is 3.59. The lowest BCUT2D eigenvalue weighted by Gasteiger charge is -2.10. The van der Waals surface area contributed by atoms with Gasteiger partial charge in [-0.2, -0.15) is 0 Å². The topological polar surface area (TPSA) is 125 Å². The molecule has 9 nitrogen and oxygen atoms in total. The molecule has 9 heteroatoms. The normalized spacial score (nSPS) is 10.0. The molecular weight excluding hydrogens is 356 g/mol. The predicted molar refractivity (Wildman–Crippen MR) is 94.5 cm³/mol. The number of nitro benzene ring substituents is 1. The molecule has 2 aromatic rings. The minimum Gasteiger partial charge on any atom is -0.465 e. The zero-order valence-electron chi connectivity index (χ0n) is 14.6. The summed E-state index contributed by atoms with van der Waals surface area (Å²) in [7, 11) is 1.24. The van der Waals surface area contributed by atoms with E-state index in [4.69, 9.17) is 4.74 Å². The van der Waals surface area contributed by atoms with Gasteiger partial charge in [-0.05, 0) is 30.7 Å². The average Bonchev–Trinajstić information content (AvgIpc) is 2.67. The summed E-state index contributed by atoms with van der Waals surface area (Å²) in [5.74, 6) is -2.21. The van der Waals surface area contributed by atoms with Crippen molar-refractivity contribution in [3.05, 3.63) is 69.3 Å². The van der Waals surface area contributed by atoms with Crippen LogP contribution in [-0.2, 0) is 14.3 Å². The highest BCUT2D eigenvalue weighted by molar-refractivity contribution is 5.98. The van der Waals surface area contributed by atoms with Gasteiger partial charge >= 0.3 is 11.9 Å². The van der Waals surface area contributed by atoms with Crippen molar-refractivity contribution < 1.29 is 28.8 Å². The highest BCUT2D eigenvalue weighted by Gasteiger charge is 2.21. The van der Waals surface area contributed by atoms with E-state index in [1.165, 1.54) is 37.4 Å². The molecule has 0 saturated heterocycles. The number of rotatable bonds is 6. The van der Waals surface area contributed by atoms with Crippen LogP contribution in [0.15, 0.2) is 42.5 Å². The first kappa shape index (κ1) is 19.6. The van der Waals surface area contributed by atoms with Crippen LogP contribution in [0.3, 0.4) is 0 Å². The Bertz CT molecular complexity index is 908. The van der Waals surface area contributed by atoms with Crippen LogP contribution in [0.25, 0.3) is 0 Å². The number of benzene rings is 2. The number of esters is 2. The third-order valence-electron chi connectivity index (χ3n) is 3.59. The molecule has 0 aliphatic rings. The van der Waals surface area contributed by atoms with Crippen molar-refractivity contribution in [3.63, 3.8) is 0 Å². The molecule has 140 valence electrons. The van der Waals surface area contributed by atoms with Gasteiger partial charge in [0.2, 0.25) is 0 Å². The Labute approximate surface area is 154 Å². The van der Waals surface area contributed by atoms with E-state index in [0.29, 0.717) is 11.3 Å². The largest absolute Gasteiger partial charge is 0.465 e. The van der Waals surface area contributed by atoms with E-state index >= 15 is 0 Å². The Morgan fingerprint density at radius 3 is 2.48 bits per heavy atom. The van der Waals surface area contributed by atoms with E-state index < -0.39 is 35.1 Å². The minimum atomic E-state index is -0.988. The van der Waals surface area contributed by atoms with Gasteiger partial charge in [-0.1, -0.05) is 18.2 Å². The summed E-state index contributed by atoms with van der Waals surface area (Å²) in [6.07, 6.45) is 0. The number of aryl methyl sites for hydroxylation is 1. The fourth-order valence-corrected chi connectivity index (χ4v) is 2.20. The summed E-state index contributed by atoms with van der Waals surface area (Å²) >= 11 is 0. The summed E-state index contributed by atoms with van der Waals surface area (Å²) in [5, 5.41) is 13.5. The van der Waals surface area contributed by atoms with Gasteiger partial charge in [-0.3, -0.25) is 14.9 Å². The Kier molecular flexibility index (Phi) is 6.21. The molecule has 0 aliphatic heterocycles. The monoisotopic (exact) mass is 372 g/mol. The van der Waals surface area contributed by atoms with Crippen LogP contribution in [0.2, 0.25) is 0 Å². The van der Waals surface area contributed by atoms with Crippen molar-refractivity contribution in [2.45, 2.75) is 6.92 Å². The number of nitrogens with zero attached hydrogens (tertiary/aromatic N) is 1. The maximum absolute atomic E-state index is 12.0. The zero-order chi connectivity index (χ0) is 20.0. The molecular formula is C18H16N2O7. The fraction of sp³-hybridized carbons (Fsp3) is 0.167. The third kappa shape index (κ3) is 4.88. The van der Waals surface area contributed by atoms with Crippen LogP contribution in [0.5, 0.6) is 0 Å². The second kappa shape index (κ2) is 8.56. The molecule has 0 aromatic heterocycles. The van der Waals surface area contributed by atoms with Gasteiger partial charge in [0.1, 0.15) is 5.56 Å². The van der Waals surface area contributed by atoms with Crippen LogP contribution in [0.1, 0.15) is 26.3 Å². The number of nitro groups is 1. The van der Waals surface area contributed by atoms with Gasteiger partial charge in [-0.15, -0.1) is 0 Å². The van der Waals surface area contributed by atoms with Gasteiger partial charge in [0, 0.05) is 11.8 Å². The summed E-state index contributed by atoms with van der Waals surface area (Å²) in [6, 6.07) is 9.88. The van der Waals surface area contributed by atoms with Crippen molar-refractivity contribution in [1.82, 2.24) is 0 Å². The maximum Gasteiger partial charge on any atom is 0.345 e. The SMILES string of the molecule is COC(=O)c1ccc(C)c(NC(=O)COC(=O)c2ccccc2[N+](=O)[O-])c1. The fourth-order valence-electron chi connectivity index (χ4n) is 2.20. The van der Waals surface area contributed by atoms with Gasteiger partial charge < -0.3 is 14.8 Å². The number of ether oxygens (including phenoxy) is 2. The molecule has 0 bridgehead atoms. The Hall–Kier alpha value is -3.75. The summed E-state index contributed by atoms with van der Waals surface area (Å²) in [5.41, 5.74) is 0.615. The molecule has 1 amide bonds. The first-order chi connectivity index (χ1) is 12.8. The molecule has 0 atom stereocenters. The molecule has 0 fully saturated rings. The average molecular weight is 372 g/mol. The standard InChI is InChI=1S/C18H16N2O7/c1-11-7-8-12(17(22)26-2)9-14(11)19-16(21)10-27-18(23)13-5-3-4-6-15(13)20(24)25/h3-9H,10H2,1-2H3,(H,19,21). The van der Waals surface area contributed by atoms with Crippen molar-refractivity contribution in [2.75, 3.05) is 19.0 Å². The second-order valence-corrected chi connectivity index (χ2v) is 5.42. The van der Waals surface area contributed by atoms with E-state index in [-0.39, 0.29) is 11.1 Å². The molecule has 0 heterocycles. The zero-order valence-corrected chi connectivity index (χ0v) is 14.6. The lowest BCUT2D eigenvalue weighted by molar-refractivity contribution is -0.385. The first-order valence-corrected chi connectivity index (χ1v) is 7.73. The smallest absolute Gasteiger partial charge is 0.345 e. The number of methoxy groups -OCH3 is 1. The van der Waals surface area contributed by atoms with Crippen molar-refractivity contribution in [1.29, 1.82) is 0 Å². The number of hydrogen-bond acceptors (Lipinski definition) is 7.